The molecule has 0 atom stereocenters. The quantitative estimate of drug-likeness (QED) is 0.488. The Bertz CT molecular complexity index is 320. The molecule has 18 heavy (non-hydrogen) atoms. The molecule has 0 heterocycles. The minimum Gasteiger partial charge on any atom is -0.0976 e. The second-order valence-electron chi connectivity index (χ2n) is 5.08. The summed E-state index contributed by atoms with van der Waals surface area (Å²) in [6.45, 7) is 12.2. The van der Waals surface area contributed by atoms with Crippen LogP contribution in [0.5, 0.6) is 0 Å². The van der Waals surface area contributed by atoms with Gasteiger partial charge in [-0.1, -0.05) is 75.5 Å². The standard InChI is InChI=1S/C10H14Cl2.C6H12/c1-4-7-8(9(11)5-2)10(12)6-3;1-3-6(2)4-5-6/h5-6H,2,4,7H2,1,3H3;3-5H2,1-2H3/b9-8+,10-6+;. The monoisotopic (exact) mass is 288 g/mol. The molecule has 1 rings (SSSR count). The molecule has 2 heteroatoms. The van der Waals surface area contributed by atoms with Crippen molar-refractivity contribution in [1.29, 1.82) is 0 Å². The van der Waals surface area contributed by atoms with Crippen LogP contribution in [0.2, 0.25) is 0 Å². The first-order valence-electron chi connectivity index (χ1n) is 6.77. The van der Waals surface area contributed by atoms with Crippen LogP contribution in [0.4, 0.5) is 0 Å². The van der Waals surface area contributed by atoms with Crippen molar-refractivity contribution < 1.29 is 0 Å². The molecule has 1 fully saturated rings. The topological polar surface area (TPSA) is 0 Å². The summed E-state index contributed by atoms with van der Waals surface area (Å²) in [5.41, 5.74) is 1.78. The molecule has 0 bridgehead atoms. The molecule has 0 N–H and O–H groups in total. The molecule has 0 radical (unpaired) electrons. The van der Waals surface area contributed by atoms with Gasteiger partial charge in [-0.25, -0.2) is 0 Å². The fraction of sp³-hybridized carbons (Fsp3) is 0.625. The van der Waals surface area contributed by atoms with Crippen LogP contribution in [0.3, 0.4) is 0 Å². The largest absolute Gasteiger partial charge is 0.0976 e. The maximum atomic E-state index is 5.95. The molecule has 0 unspecified atom stereocenters. The van der Waals surface area contributed by atoms with Crippen molar-refractivity contribution in [2.24, 2.45) is 5.41 Å². The first-order valence-corrected chi connectivity index (χ1v) is 7.53. The summed E-state index contributed by atoms with van der Waals surface area (Å²) in [6, 6.07) is 0. The highest BCUT2D eigenvalue weighted by molar-refractivity contribution is 6.36. The molecule has 0 saturated heterocycles. The van der Waals surface area contributed by atoms with Gasteiger partial charge in [-0.15, -0.1) is 0 Å². The van der Waals surface area contributed by atoms with Gasteiger partial charge < -0.3 is 0 Å². The summed E-state index contributed by atoms with van der Waals surface area (Å²) in [4.78, 5) is 0. The lowest BCUT2D eigenvalue weighted by Gasteiger charge is -2.05. The van der Waals surface area contributed by atoms with Crippen molar-refractivity contribution in [3.8, 4) is 0 Å². The predicted molar refractivity (Wildman–Crippen MR) is 85.2 cm³/mol. The van der Waals surface area contributed by atoms with Crippen molar-refractivity contribution in [1.82, 2.24) is 0 Å². The Hall–Kier alpha value is -0.200. The Morgan fingerprint density at radius 3 is 2.06 bits per heavy atom. The third kappa shape index (κ3) is 6.66. The molecular weight excluding hydrogens is 263 g/mol. The zero-order chi connectivity index (χ0) is 14.2. The zero-order valence-corrected chi connectivity index (χ0v) is 13.7. The molecule has 0 aliphatic heterocycles. The average molecular weight is 289 g/mol. The third-order valence-corrected chi connectivity index (χ3v) is 4.30. The first-order chi connectivity index (χ1) is 8.44. The van der Waals surface area contributed by atoms with E-state index in [4.69, 9.17) is 23.2 Å². The van der Waals surface area contributed by atoms with Crippen molar-refractivity contribution in [3.63, 3.8) is 0 Å². The van der Waals surface area contributed by atoms with Crippen LogP contribution in [0.25, 0.3) is 0 Å². The molecular formula is C16H26Cl2. The number of halogens is 2. The fourth-order valence-electron chi connectivity index (χ4n) is 1.47. The molecule has 0 nitrogen and oxygen atoms in total. The van der Waals surface area contributed by atoms with Crippen LogP contribution >= 0.6 is 23.2 Å². The van der Waals surface area contributed by atoms with E-state index in [9.17, 15) is 0 Å². The van der Waals surface area contributed by atoms with Gasteiger partial charge in [-0.05, 0) is 37.2 Å². The summed E-state index contributed by atoms with van der Waals surface area (Å²) in [7, 11) is 0. The molecule has 0 aromatic carbocycles. The van der Waals surface area contributed by atoms with E-state index in [1.54, 1.807) is 6.08 Å². The fourth-order valence-corrected chi connectivity index (χ4v) is 1.91. The second-order valence-corrected chi connectivity index (χ2v) is 5.90. The van der Waals surface area contributed by atoms with Gasteiger partial charge in [0.2, 0.25) is 0 Å². The summed E-state index contributed by atoms with van der Waals surface area (Å²) in [5, 5.41) is 1.38. The van der Waals surface area contributed by atoms with Crippen molar-refractivity contribution in [2.45, 2.75) is 59.8 Å². The van der Waals surface area contributed by atoms with E-state index >= 15 is 0 Å². The first kappa shape index (κ1) is 17.8. The van der Waals surface area contributed by atoms with Gasteiger partial charge in [0, 0.05) is 10.1 Å². The zero-order valence-electron chi connectivity index (χ0n) is 12.2. The highest BCUT2D eigenvalue weighted by atomic mass is 35.5. The molecule has 1 saturated carbocycles. The van der Waals surface area contributed by atoms with Gasteiger partial charge in [-0.3, -0.25) is 0 Å². The minimum absolute atomic E-state index is 0.653. The van der Waals surface area contributed by atoms with Gasteiger partial charge >= 0.3 is 0 Å². The van der Waals surface area contributed by atoms with E-state index in [1.807, 2.05) is 13.0 Å². The van der Waals surface area contributed by atoms with Crippen molar-refractivity contribution in [2.75, 3.05) is 0 Å². The molecule has 0 spiro atoms. The number of allylic oxidation sites excluding steroid dienone is 5. The van der Waals surface area contributed by atoms with Crippen LogP contribution in [0.1, 0.15) is 59.8 Å². The molecule has 1 aliphatic rings. The summed E-state index contributed by atoms with van der Waals surface area (Å²) >= 11 is 11.9. The Labute approximate surface area is 123 Å². The normalized spacial score (nSPS) is 18.4. The van der Waals surface area contributed by atoms with Gasteiger partial charge in [0.25, 0.3) is 0 Å². The van der Waals surface area contributed by atoms with Gasteiger partial charge in [0.15, 0.2) is 0 Å². The van der Waals surface area contributed by atoms with Gasteiger partial charge in [0.05, 0.1) is 0 Å². The Morgan fingerprint density at radius 2 is 1.83 bits per heavy atom. The van der Waals surface area contributed by atoms with E-state index in [2.05, 4.69) is 27.4 Å². The second kappa shape index (κ2) is 8.82. The molecule has 0 aromatic rings. The smallest absolute Gasteiger partial charge is 0.0446 e. The van der Waals surface area contributed by atoms with Crippen molar-refractivity contribution >= 4 is 23.2 Å². The van der Waals surface area contributed by atoms with Crippen LogP contribution in [-0.2, 0) is 0 Å². The van der Waals surface area contributed by atoms with E-state index in [1.165, 1.54) is 19.3 Å². The lowest BCUT2D eigenvalue weighted by Crippen LogP contribution is -1.85. The Morgan fingerprint density at radius 1 is 1.28 bits per heavy atom. The molecule has 0 aromatic heterocycles. The van der Waals surface area contributed by atoms with Crippen molar-refractivity contribution in [3.05, 3.63) is 34.4 Å². The highest BCUT2D eigenvalue weighted by Crippen LogP contribution is 2.47. The predicted octanol–water partition coefficient (Wildman–Crippen LogP) is 6.80. The summed E-state index contributed by atoms with van der Waals surface area (Å²) < 4.78 is 0. The van der Waals surface area contributed by atoms with E-state index in [0.29, 0.717) is 5.03 Å². The molecule has 104 valence electrons. The van der Waals surface area contributed by atoms with E-state index in [0.717, 1.165) is 28.9 Å². The lowest BCUT2D eigenvalue weighted by molar-refractivity contribution is 0.551. The average Bonchev–Trinajstić information content (AvgIpc) is 3.13. The summed E-state index contributed by atoms with van der Waals surface area (Å²) in [6.07, 6.45) is 9.73. The van der Waals surface area contributed by atoms with E-state index in [-0.39, 0.29) is 0 Å². The maximum Gasteiger partial charge on any atom is 0.0446 e. The van der Waals surface area contributed by atoms with E-state index < -0.39 is 0 Å². The third-order valence-electron chi connectivity index (χ3n) is 3.47. The van der Waals surface area contributed by atoms with Crippen LogP contribution < -0.4 is 0 Å². The number of hydrogen-bond acceptors (Lipinski definition) is 0. The van der Waals surface area contributed by atoms with Gasteiger partial charge in [0.1, 0.15) is 0 Å². The van der Waals surface area contributed by atoms with Crippen LogP contribution in [-0.4, -0.2) is 0 Å². The number of rotatable bonds is 5. The SMILES string of the molecule is C=C/C(Cl)=C(CCC)\C(Cl)=C/C.CCC1(C)CC1. The lowest BCUT2D eigenvalue weighted by atomic mass is 10.1. The Balaban J connectivity index is 0.000000397. The van der Waals surface area contributed by atoms with Crippen LogP contribution in [0, 0.1) is 5.41 Å². The van der Waals surface area contributed by atoms with Crippen LogP contribution in [0.15, 0.2) is 34.4 Å². The Kier molecular flexibility index (Phi) is 8.73. The summed E-state index contributed by atoms with van der Waals surface area (Å²) in [5.74, 6) is 0. The maximum absolute atomic E-state index is 5.95. The highest BCUT2D eigenvalue weighted by Gasteiger charge is 2.34. The van der Waals surface area contributed by atoms with Gasteiger partial charge in [-0.2, -0.15) is 0 Å². The number of hydrogen-bond donors (Lipinski definition) is 0. The molecule has 1 aliphatic carbocycles. The minimum atomic E-state index is 0.653. The molecule has 0 amide bonds.